The van der Waals surface area contributed by atoms with Crippen molar-refractivity contribution < 1.29 is 14.0 Å². The number of benzene rings is 2. The van der Waals surface area contributed by atoms with Crippen molar-refractivity contribution in [2.24, 2.45) is 0 Å². The van der Waals surface area contributed by atoms with Crippen molar-refractivity contribution >= 4 is 34.8 Å². The number of aryl methyl sites for hydroxylation is 1. The van der Waals surface area contributed by atoms with Gasteiger partial charge in [-0.05, 0) is 49.7 Å². The summed E-state index contributed by atoms with van der Waals surface area (Å²) in [6.07, 6.45) is 0. The maximum atomic E-state index is 13.4. The van der Waals surface area contributed by atoms with Crippen molar-refractivity contribution in [1.29, 1.82) is 0 Å². The molecular weight excluding hydrogens is 385 g/mol. The summed E-state index contributed by atoms with van der Waals surface area (Å²) in [6, 6.07) is 10.8. The van der Waals surface area contributed by atoms with Crippen molar-refractivity contribution in [2.75, 3.05) is 10.6 Å². The zero-order valence-electron chi connectivity index (χ0n) is 15.2. The van der Waals surface area contributed by atoms with Gasteiger partial charge >= 0.3 is 0 Å². The van der Waals surface area contributed by atoms with E-state index in [1.54, 1.807) is 44.2 Å². The van der Waals surface area contributed by atoms with Crippen LogP contribution >= 0.6 is 11.6 Å². The molecule has 2 N–H and O–H groups in total. The molecular formula is C19H17ClFN5O2. The number of anilines is 2. The first-order valence-corrected chi connectivity index (χ1v) is 8.74. The predicted octanol–water partition coefficient (Wildman–Crippen LogP) is 3.58. The molecule has 0 aliphatic heterocycles. The quantitative estimate of drug-likeness (QED) is 0.683. The van der Waals surface area contributed by atoms with Gasteiger partial charge in [-0.15, -0.1) is 5.10 Å². The molecule has 0 aliphatic rings. The summed E-state index contributed by atoms with van der Waals surface area (Å²) >= 11 is 5.89. The van der Waals surface area contributed by atoms with E-state index in [1.807, 2.05) is 0 Å². The highest BCUT2D eigenvalue weighted by atomic mass is 35.5. The van der Waals surface area contributed by atoms with Gasteiger partial charge in [0, 0.05) is 16.4 Å². The third kappa shape index (κ3) is 4.52. The summed E-state index contributed by atoms with van der Waals surface area (Å²) in [5.41, 5.74) is 2.07. The molecule has 7 nitrogen and oxygen atoms in total. The highest BCUT2D eigenvalue weighted by Crippen LogP contribution is 2.18. The van der Waals surface area contributed by atoms with Crippen LogP contribution in [0.15, 0.2) is 42.5 Å². The lowest BCUT2D eigenvalue weighted by Gasteiger charge is -2.08. The largest absolute Gasteiger partial charge is 0.324 e. The van der Waals surface area contributed by atoms with Crippen LogP contribution in [0.4, 0.5) is 15.8 Å². The van der Waals surface area contributed by atoms with Crippen LogP contribution in [0.1, 0.15) is 21.7 Å². The third-order valence-electron chi connectivity index (χ3n) is 4.05. The fourth-order valence-electron chi connectivity index (χ4n) is 2.53. The molecule has 0 saturated heterocycles. The Morgan fingerprint density at radius 2 is 1.93 bits per heavy atom. The molecule has 2 amide bonds. The van der Waals surface area contributed by atoms with Gasteiger partial charge in [0.1, 0.15) is 12.4 Å². The zero-order chi connectivity index (χ0) is 20.3. The van der Waals surface area contributed by atoms with Gasteiger partial charge in [-0.2, -0.15) is 0 Å². The number of amides is 2. The molecule has 2 aromatic carbocycles. The number of hydrogen-bond acceptors (Lipinski definition) is 4. The van der Waals surface area contributed by atoms with Crippen LogP contribution in [-0.2, 0) is 11.3 Å². The molecule has 0 unspecified atom stereocenters. The van der Waals surface area contributed by atoms with E-state index in [1.165, 1.54) is 16.8 Å². The average Bonchev–Trinajstić information content (AvgIpc) is 2.98. The average molecular weight is 402 g/mol. The minimum atomic E-state index is -0.535. The van der Waals surface area contributed by atoms with Gasteiger partial charge in [-0.25, -0.2) is 9.07 Å². The van der Waals surface area contributed by atoms with Crippen LogP contribution in [0.2, 0.25) is 5.02 Å². The van der Waals surface area contributed by atoms with E-state index in [-0.39, 0.29) is 18.1 Å². The summed E-state index contributed by atoms with van der Waals surface area (Å²) in [6.45, 7) is 3.25. The fourth-order valence-corrected chi connectivity index (χ4v) is 2.72. The number of halogens is 2. The highest BCUT2D eigenvalue weighted by molar-refractivity contribution is 6.30. The topological polar surface area (TPSA) is 88.9 Å². The van der Waals surface area contributed by atoms with Crippen molar-refractivity contribution in [1.82, 2.24) is 15.0 Å². The Labute approximate surface area is 165 Å². The molecule has 0 bridgehead atoms. The van der Waals surface area contributed by atoms with Gasteiger partial charge in [0.25, 0.3) is 5.91 Å². The Bertz CT molecular complexity index is 1050. The molecule has 0 aliphatic carbocycles. The molecule has 3 aromatic rings. The molecule has 0 atom stereocenters. The second-order valence-corrected chi connectivity index (χ2v) is 6.59. The van der Waals surface area contributed by atoms with Crippen LogP contribution in [-0.4, -0.2) is 26.8 Å². The van der Waals surface area contributed by atoms with Gasteiger partial charge in [0.2, 0.25) is 5.91 Å². The SMILES string of the molecule is Cc1ccc(F)cc1NC(=O)c1nnn(CC(=O)Nc2cccc(Cl)c2)c1C. The van der Waals surface area contributed by atoms with Gasteiger partial charge < -0.3 is 10.6 Å². The van der Waals surface area contributed by atoms with Crippen molar-refractivity contribution in [3.8, 4) is 0 Å². The van der Waals surface area contributed by atoms with Crippen LogP contribution in [0.3, 0.4) is 0 Å². The number of aromatic nitrogens is 3. The van der Waals surface area contributed by atoms with Crippen LogP contribution in [0.25, 0.3) is 0 Å². The van der Waals surface area contributed by atoms with Crippen LogP contribution in [0, 0.1) is 19.7 Å². The maximum absolute atomic E-state index is 13.4. The number of carbonyl (C=O) groups is 2. The van der Waals surface area contributed by atoms with Gasteiger partial charge in [-0.3, -0.25) is 9.59 Å². The second kappa shape index (κ2) is 8.18. The molecule has 9 heteroatoms. The monoisotopic (exact) mass is 401 g/mol. The molecule has 0 spiro atoms. The minimum Gasteiger partial charge on any atom is -0.324 e. The van der Waals surface area contributed by atoms with E-state index in [9.17, 15) is 14.0 Å². The summed E-state index contributed by atoms with van der Waals surface area (Å²) in [5.74, 6) is -1.34. The van der Waals surface area contributed by atoms with Gasteiger partial charge in [-0.1, -0.05) is 28.9 Å². The van der Waals surface area contributed by atoms with Crippen molar-refractivity contribution in [3.63, 3.8) is 0 Å². The maximum Gasteiger partial charge on any atom is 0.278 e. The zero-order valence-corrected chi connectivity index (χ0v) is 15.9. The van der Waals surface area contributed by atoms with E-state index < -0.39 is 11.7 Å². The molecule has 0 radical (unpaired) electrons. The number of nitrogens with zero attached hydrogens (tertiary/aromatic N) is 3. The Morgan fingerprint density at radius 3 is 2.68 bits per heavy atom. The smallest absolute Gasteiger partial charge is 0.278 e. The molecule has 0 fully saturated rings. The lowest BCUT2D eigenvalue weighted by Crippen LogP contribution is -2.21. The number of carbonyl (C=O) groups excluding carboxylic acids is 2. The van der Waals surface area contributed by atoms with Crippen molar-refractivity contribution in [3.05, 3.63) is 70.3 Å². The summed E-state index contributed by atoms with van der Waals surface area (Å²) in [7, 11) is 0. The number of hydrogen-bond donors (Lipinski definition) is 2. The third-order valence-corrected chi connectivity index (χ3v) is 4.28. The fraction of sp³-hybridized carbons (Fsp3) is 0.158. The van der Waals surface area contributed by atoms with E-state index in [4.69, 9.17) is 11.6 Å². The Morgan fingerprint density at radius 1 is 1.14 bits per heavy atom. The normalized spacial score (nSPS) is 10.6. The van der Waals surface area contributed by atoms with Gasteiger partial charge in [0.15, 0.2) is 5.69 Å². The first-order valence-electron chi connectivity index (χ1n) is 8.36. The molecule has 3 rings (SSSR count). The molecule has 1 heterocycles. The summed E-state index contributed by atoms with van der Waals surface area (Å²) < 4.78 is 14.7. The lowest BCUT2D eigenvalue weighted by molar-refractivity contribution is -0.117. The Hall–Kier alpha value is -3.26. The Kier molecular flexibility index (Phi) is 5.70. The van der Waals surface area contributed by atoms with Crippen LogP contribution < -0.4 is 10.6 Å². The molecule has 1 aromatic heterocycles. The van der Waals surface area contributed by atoms with E-state index in [2.05, 4.69) is 20.9 Å². The van der Waals surface area contributed by atoms with E-state index in [0.717, 1.165) is 0 Å². The minimum absolute atomic E-state index is 0.0548. The number of rotatable bonds is 5. The Balaban J connectivity index is 1.70. The van der Waals surface area contributed by atoms with Crippen LogP contribution in [0.5, 0.6) is 0 Å². The van der Waals surface area contributed by atoms with Crippen molar-refractivity contribution in [2.45, 2.75) is 20.4 Å². The molecule has 0 saturated carbocycles. The van der Waals surface area contributed by atoms with E-state index >= 15 is 0 Å². The summed E-state index contributed by atoms with van der Waals surface area (Å²) in [5, 5.41) is 13.5. The highest BCUT2D eigenvalue weighted by Gasteiger charge is 2.19. The first kappa shape index (κ1) is 19.5. The first-order chi connectivity index (χ1) is 13.3. The lowest BCUT2D eigenvalue weighted by atomic mass is 10.2. The van der Waals surface area contributed by atoms with Gasteiger partial charge in [0.05, 0.1) is 5.69 Å². The predicted molar refractivity (Wildman–Crippen MR) is 104 cm³/mol. The molecule has 144 valence electrons. The molecule has 28 heavy (non-hydrogen) atoms. The second-order valence-electron chi connectivity index (χ2n) is 6.15. The van der Waals surface area contributed by atoms with E-state index in [0.29, 0.717) is 27.7 Å². The summed E-state index contributed by atoms with van der Waals surface area (Å²) in [4.78, 5) is 24.7. The standard InChI is InChI=1S/C19H17ClFN5O2/c1-11-6-7-14(21)9-16(11)23-19(28)18-12(2)26(25-24-18)10-17(27)22-15-5-3-4-13(20)8-15/h3-9H,10H2,1-2H3,(H,22,27)(H,23,28). The number of nitrogens with one attached hydrogen (secondary N) is 2.